The van der Waals surface area contributed by atoms with E-state index in [9.17, 15) is 0 Å². The molecule has 1 heteroatoms. The molecule has 14 heavy (non-hydrogen) atoms. The fraction of sp³-hybridized carbons (Fsp3) is 0.538. The van der Waals surface area contributed by atoms with Gasteiger partial charge in [0.2, 0.25) is 0 Å². The van der Waals surface area contributed by atoms with E-state index in [-0.39, 0.29) is 0 Å². The molecule has 0 radical (unpaired) electrons. The van der Waals surface area contributed by atoms with Gasteiger partial charge in [0.15, 0.2) is 0 Å². The Morgan fingerprint density at radius 1 is 1.14 bits per heavy atom. The molecule has 1 fully saturated rings. The Bertz CT molecular complexity index is 300. The fourth-order valence-electron chi connectivity index (χ4n) is 2.38. The van der Waals surface area contributed by atoms with Crippen molar-refractivity contribution >= 4 is 0 Å². The SMILES string of the molecule is Cc1ccccc1C(C)N1CCCC1. The summed E-state index contributed by atoms with van der Waals surface area (Å²) >= 11 is 0. The molecule has 1 aliphatic heterocycles. The second-order valence-corrected chi connectivity index (χ2v) is 4.28. The molecule has 0 aromatic heterocycles. The first-order valence-electron chi connectivity index (χ1n) is 5.58. The molecule has 0 N–H and O–H groups in total. The molecule has 0 aliphatic carbocycles. The summed E-state index contributed by atoms with van der Waals surface area (Å²) < 4.78 is 0. The number of benzene rings is 1. The smallest absolute Gasteiger partial charge is 0.0322 e. The molecule has 2 rings (SSSR count). The highest BCUT2D eigenvalue weighted by molar-refractivity contribution is 5.28. The van der Waals surface area contributed by atoms with Crippen molar-refractivity contribution in [2.45, 2.75) is 32.7 Å². The maximum absolute atomic E-state index is 2.59. The van der Waals surface area contributed by atoms with Gasteiger partial charge in [-0.25, -0.2) is 0 Å². The standard InChI is InChI=1S/C13H19N/c1-11-7-3-4-8-13(11)12(2)14-9-5-6-10-14/h3-4,7-8,12H,5-6,9-10H2,1-2H3. The minimum Gasteiger partial charge on any atom is -0.297 e. The molecule has 1 heterocycles. The number of hydrogen-bond acceptors (Lipinski definition) is 1. The van der Waals surface area contributed by atoms with Crippen LogP contribution in [-0.2, 0) is 0 Å². The second kappa shape index (κ2) is 4.14. The molecular weight excluding hydrogens is 170 g/mol. The highest BCUT2D eigenvalue weighted by Crippen LogP contribution is 2.26. The van der Waals surface area contributed by atoms with Gasteiger partial charge in [0, 0.05) is 6.04 Å². The number of hydrogen-bond donors (Lipinski definition) is 0. The van der Waals surface area contributed by atoms with Gasteiger partial charge in [-0.05, 0) is 50.9 Å². The van der Waals surface area contributed by atoms with Crippen molar-refractivity contribution in [2.75, 3.05) is 13.1 Å². The Morgan fingerprint density at radius 3 is 2.43 bits per heavy atom. The predicted molar refractivity (Wildman–Crippen MR) is 60.4 cm³/mol. The molecule has 1 saturated heterocycles. The van der Waals surface area contributed by atoms with Crippen LogP contribution in [0.1, 0.15) is 36.9 Å². The zero-order valence-electron chi connectivity index (χ0n) is 9.16. The van der Waals surface area contributed by atoms with Gasteiger partial charge in [0.25, 0.3) is 0 Å². The maximum atomic E-state index is 2.59. The van der Waals surface area contributed by atoms with Crippen LogP contribution in [0.15, 0.2) is 24.3 Å². The number of aryl methyl sites for hydroxylation is 1. The lowest BCUT2D eigenvalue weighted by Crippen LogP contribution is -2.23. The fourth-order valence-corrected chi connectivity index (χ4v) is 2.38. The zero-order chi connectivity index (χ0) is 9.97. The molecule has 1 aromatic carbocycles. The van der Waals surface area contributed by atoms with Crippen LogP contribution < -0.4 is 0 Å². The maximum Gasteiger partial charge on any atom is 0.0322 e. The van der Waals surface area contributed by atoms with E-state index in [2.05, 4.69) is 43.0 Å². The van der Waals surface area contributed by atoms with Crippen molar-refractivity contribution in [3.8, 4) is 0 Å². The Kier molecular flexibility index (Phi) is 2.87. The van der Waals surface area contributed by atoms with Gasteiger partial charge in [-0.2, -0.15) is 0 Å². The van der Waals surface area contributed by atoms with E-state index in [0.717, 1.165) is 0 Å². The summed E-state index contributed by atoms with van der Waals surface area (Å²) in [6.07, 6.45) is 2.74. The Labute approximate surface area is 86.7 Å². The quantitative estimate of drug-likeness (QED) is 0.690. The Hall–Kier alpha value is -0.820. The summed E-state index contributed by atoms with van der Waals surface area (Å²) in [5, 5.41) is 0. The summed E-state index contributed by atoms with van der Waals surface area (Å²) in [6.45, 7) is 7.08. The van der Waals surface area contributed by atoms with Crippen LogP contribution in [0.4, 0.5) is 0 Å². The molecule has 1 aromatic rings. The van der Waals surface area contributed by atoms with Crippen LogP contribution >= 0.6 is 0 Å². The third-order valence-electron chi connectivity index (χ3n) is 3.33. The molecule has 0 bridgehead atoms. The van der Waals surface area contributed by atoms with Gasteiger partial charge in [0.05, 0.1) is 0 Å². The highest BCUT2D eigenvalue weighted by atomic mass is 15.2. The second-order valence-electron chi connectivity index (χ2n) is 4.28. The Morgan fingerprint density at radius 2 is 1.79 bits per heavy atom. The molecule has 0 amide bonds. The summed E-state index contributed by atoms with van der Waals surface area (Å²) in [7, 11) is 0. The van der Waals surface area contributed by atoms with Gasteiger partial charge < -0.3 is 0 Å². The lowest BCUT2D eigenvalue weighted by molar-refractivity contribution is 0.262. The lowest BCUT2D eigenvalue weighted by atomic mass is 10.0. The van der Waals surface area contributed by atoms with Crippen LogP contribution in [0.25, 0.3) is 0 Å². The van der Waals surface area contributed by atoms with E-state index in [4.69, 9.17) is 0 Å². The highest BCUT2D eigenvalue weighted by Gasteiger charge is 2.19. The van der Waals surface area contributed by atoms with Gasteiger partial charge in [0.1, 0.15) is 0 Å². The number of rotatable bonds is 2. The first kappa shape index (κ1) is 9.72. The first-order chi connectivity index (χ1) is 6.79. The summed E-state index contributed by atoms with van der Waals surface area (Å²) in [5.41, 5.74) is 2.92. The molecule has 0 spiro atoms. The van der Waals surface area contributed by atoms with Crippen molar-refractivity contribution in [3.63, 3.8) is 0 Å². The summed E-state index contributed by atoms with van der Waals surface area (Å²) in [4.78, 5) is 2.59. The van der Waals surface area contributed by atoms with Gasteiger partial charge in [-0.1, -0.05) is 24.3 Å². The number of likely N-dealkylation sites (tertiary alicyclic amines) is 1. The van der Waals surface area contributed by atoms with E-state index in [0.29, 0.717) is 6.04 Å². The van der Waals surface area contributed by atoms with Crippen LogP contribution in [0.2, 0.25) is 0 Å². The van der Waals surface area contributed by atoms with Gasteiger partial charge >= 0.3 is 0 Å². The molecule has 1 nitrogen and oxygen atoms in total. The van der Waals surface area contributed by atoms with Gasteiger partial charge in [-0.15, -0.1) is 0 Å². The number of nitrogens with zero attached hydrogens (tertiary/aromatic N) is 1. The molecule has 1 aliphatic rings. The monoisotopic (exact) mass is 189 g/mol. The van der Waals surface area contributed by atoms with Crippen LogP contribution in [0, 0.1) is 6.92 Å². The predicted octanol–water partition coefficient (Wildman–Crippen LogP) is 3.15. The van der Waals surface area contributed by atoms with E-state index >= 15 is 0 Å². The van der Waals surface area contributed by atoms with Gasteiger partial charge in [-0.3, -0.25) is 4.90 Å². The first-order valence-corrected chi connectivity index (χ1v) is 5.58. The topological polar surface area (TPSA) is 3.24 Å². The van der Waals surface area contributed by atoms with Crippen molar-refractivity contribution in [2.24, 2.45) is 0 Å². The van der Waals surface area contributed by atoms with E-state index in [1.54, 1.807) is 0 Å². The molecule has 76 valence electrons. The van der Waals surface area contributed by atoms with Crippen LogP contribution in [0.3, 0.4) is 0 Å². The van der Waals surface area contributed by atoms with Crippen molar-refractivity contribution < 1.29 is 0 Å². The van der Waals surface area contributed by atoms with E-state index < -0.39 is 0 Å². The summed E-state index contributed by atoms with van der Waals surface area (Å²) in [5.74, 6) is 0. The van der Waals surface area contributed by atoms with Crippen molar-refractivity contribution in [1.29, 1.82) is 0 Å². The minimum atomic E-state index is 0.596. The zero-order valence-corrected chi connectivity index (χ0v) is 9.16. The third-order valence-corrected chi connectivity index (χ3v) is 3.33. The molecular formula is C13H19N. The largest absolute Gasteiger partial charge is 0.297 e. The summed E-state index contributed by atoms with van der Waals surface area (Å²) in [6, 6.07) is 9.34. The average Bonchev–Trinajstić information content (AvgIpc) is 2.70. The molecule has 0 saturated carbocycles. The molecule has 1 atom stereocenters. The average molecular weight is 189 g/mol. The minimum absolute atomic E-state index is 0.596. The van der Waals surface area contributed by atoms with Crippen molar-refractivity contribution in [1.82, 2.24) is 4.90 Å². The lowest BCUT2D eigenvalue weighted by Gasteiger charge is -2.25. The van der Waals surface area contributed by atoms with Crippen LogP contribution in [-0.4, -0.2) is 18.0 Å². The third kappa shape index (κ3) is 1.83. The van der Waals surface area contributed by atoms with E-state index in [1.165, 1.54) is 37.1 Å². The normalized spacial score (nSPS) is 19.9. The van der Waals surface area contributed by atoms with E-state index in [1.807, 2.05) is 0 Å². The van der Waals surface area contributed by atoms with Crippen LogP contribution in [0.5, 0.6) is 0 Å². The molecule has 1 unspecified atom stereocenters. The Balaban J connectivity index is 2.17. The van der Waals surface area contributed by atoms with Crippen molar-refractivity contribution in [3.05, 3.63) is 35.4 Å².